The first-order valence-corrected chi connectivity index (χ1v) is 10.0. The first kappa shape index (κ1) is 20.9. The third kappa shape index (κ3) is 5.59. The number of nitrogens with zero attached hydrogens (tertiary/aromatic N) is 2. The zero-order valence-electron chi connectivity index (χ0n) is 18.2. The van der Waals surface area contributed by atoms with Crippen molar-refractivity contribution in [2.24, 2.45) is 5.92 Å². The lowest BCUT2D eigenvalue weighted by Crippen LogP contribution is -2.39. The largest absolute Gasteiger partial charge is 0.457 e. The van der Waals surface area contributed by atoms with Gasteiger partial charge in [0.25, 0.3) is 0 Å². The van der Waals surface area contributed by atoms with Crippen LogP contribution in [0.15, 0.2) is 42.5 Å². The summed E-state index contributed by atoms with van der Waals surface area (Å²) in [5, 5.41) is 0. The minimum absolute atomic E-state index is 0.318. The van der Waals surface area contributed by atoms with Crippen LogP contribution in [0, 0.1) is 19.8 Å². The molecule has 1 aromatic carbocycles. The molecule has 1 amide bonds. The Morgan fingerprint density at radius 3 is 2.45 bits per heavy atom. The van der Waals surface area contributed by atoms with Crippen molar-refractivity contribution in [3.8, 4) is 11.5 Å². The molecule has 5 heteroatoms. The number of hydrogen-bond donors (Lipinski definition) is 0. The van der Waals surface area contributed by atoms with Crippen LogP contribution in [-0.4, -0.2) is 28.1 Å². The van der Waals surface area contributed by atoms with Crippen LogP contribution in [0.3, 0.4) is 0 Å². The molecule has 0 radical (unpaired) electrons. The molecule has 2 heterocycles. The van der Waals surface area contributed by atoms with E-state index in [0.717, 1.165) is 40.6 Å². The van der Waals surface area contributed by atoms with Crippen molar-refractivity contribution in [3.05, 3.63) is 59.4 Å². The molecule has 3 rings (SSSR count). The van der Waals surface area contributed by atoms with Crippen molar-refractivity contribution in [2.45, 2.75) is 53.6 Å². The number of rotatable bonds is 3. The zero-order chi connectivity index (χ0) is 21.2. The first-order valence-electron chi connectivity index (χ1n) is 10.0. The van der Waals surface area contributed by atoms with Crippen molar-refractivity contribution in [3.63, 3.8) is 0 Å². The van der Waals surface area contributed by atoms with Crippen LogP contribution in [0.5, 0.6) is 11.5 Å². The van der Waals surface area contributed by atoms with Crippen LogP contribution in [0.1, 0.15) is 51.1 Å². The minimum atomic E-state index is -0.537. The Hall–Kier alpha value is -2.82. The van der Waals surface area contributed by atoms with Gasteiger partial charge in [-0.2, -0.15) is 0 Å². The van der Waals surface area contributed by atoms with Gasteiger partial charge in [0.2, 0.25) is 0 Å². The smallest absolute Gasteiger partial charge is 0.414 e. The van der Waals surface area contributed by atoms with Crippen LogP contribution in [-0.2, 0) is 4.74 Å². The highest BCUT2D eigenvalue weighted by molar-refractivity contribution is 5.83. The average molecular weight is 395 g/mol. The molecular formula is C24H30N2O3. The molecule has 0 aliphatic carbocycles. The summed E-state index contributed by atoms with van der Waals surface area (Å²) in [5.41, 5.74) is 3.09. The number of carbonyl (C=O) groups is 1. The van der Waals surface area contributed by atoms with Gasteiger partial charge in [-0.1, -0.05) is 25.1 Å². The Balaban J connectivity index is 1.88. The monoisotopic (exact) mass is 394 g/mol. The van der Waals surface area contributed by atoms with Gasteiger partial charge < -0.3 is 9.47 Å². The van der Waals surface area contributed by atoms with E-state index in [9.17, 15) is 4.79 Å². The molecule has 1 atom stereocenters. The Bertz CT molecular complexity index is 908. The molecule has 5 nitrogen and oxygen atoms in total. The molecular weight excluding hydrogens is 364 g/mol. The normalized spacial score (nSPS) is 17.0. The van der Waals surface area contributed by atoms with Gasteiger partial charge in [0.15, 0.2) is 0 Å². The molecule has 0 bridgehead atoms. The molecule has 1 aliphatic rings. The summed E-state index contributed by atoms with van der Waals surface area (Å²) in [4.78, 5) is 18.9. The molecule has 0 saturated carbocycles. The number of carbonyl (C=O) groups excluding carboxylic acids is 1. The molecule has 29 heavy (non-hydrogen) atoms. The van der Waals surface area contributed by atoms with Crippen molar-refractivity contribution in [2.75, 3.05) is 6.54 Å². The number of aromatic nitrogens is 1. The summed E-state index contributed by atoms with van der Waals surface area (Å²) in [7, 11) is 0. The van der Waals surface area contributed by atoms with Gasteiger partial charge in [-0.05, 0) is 59.1 Å². The Morgan fingerprint density at radius 2 is 1.79 bits per heavy atom. The topological polar surface area (TPSA) is 51.7 Å². The number of benzene rings is 1. The first-order chi connectivity index (χ1) is 13.6. The second-order valence-corrected chi connectivity index (χ2v) is 8.74. The van der Waals surface area contributed by atoms with Crippen LogP contribution in [0.2, 0.25) is 0 Å². The highest BCUT2D eigenvalue weighted by Crippen LogP contribution is 2.32. The van der Waals surface area contributed by atoms with Gasteiger partial charge in [0.05, 0.1) is 5.70 Å². The van der Waals surface area contributed by atoms with E-state index in [0.29, 0.717) is 12.5 Å². The summed E-state index contributed by atoms with van der Waals surface area (Å²) in [6.45, 7) is 12.3. The minimum Gasteiger partial charge on any atom is -0.457 e. The van der Waals surface area contributed by atoms with Crippen molar-refractivity contribution >= 4 is 11.8 Å². The molecule has 2 aromatic rings. The number of aryl methyl sites for hydroxylation is 2. The van der Waals surface area contributed by atoms with Crippen LogP contribution >= 0.6 is 0 Å². The third-order valence-electron chi connectivity index (χ3n) is 4.53. The maximum absolute atomic E-state index is 12.8. The van der Waals surface area contributed by atoms with E-state index in [1.807, 2.05) is 71.0 Å². The summed E-state index contributed by atoms with van der Waals surface area (Å²) in [5.74, 6) is 1.85. The Morgan fingerprint density at radius 1 is 1.10 bits per heavy atom. The van der Waals surface area contributed by atoms with E-state index in [1.165, 1.54) is 0 Å². The van der Waals surface area contributed by atoms with E-state index in [-0.39, 0.29) is 6.09 Å². The summed E-state index contributed by atoms with van der Waals surface area (Å²) in [6.07, 6.45) is 2.71. The number of pyridine rings is 1. The third-order valence-corrected chi connectivity index (χ3v) is 4.53. The van der Waals surface area contributed by atoms with Crippen molar-refractivity contribution in [1.29, 1.82) is 0 Å². The fraction of sp³-hybridized carbons (Fsp3) is 0.417. The van der Waals surface area contributed by atoms with E-state index in [2.05, 4.69) is 18.0 Å². The summed E-state index contributed by atoms with van der Waals surface area (Å²) in [6, 6.07) is 11.6. The Labute approximate surface area is 173 Å². The van der Waals surface area contributed by atoms with Crippen LogP contribution in [0.25, 0.3) is 5.70 Å². The van der Waals surface area contributed by atoms with Gasteiger partial charge in [0, 0.05) is 35.6 Å². The predicted molar refractivity (Wildman–Crippen MR) is 115 cm³/mol. The van der Waals surface area contributed by atoms with Crippen LogP contribution < -0.4 is 4.74 Å². The highest BCUT2D eigenvalue weighted by Gasteiger charge is 2.29. The van der Waals surface area contributed by atoms with Gasteiger partial charge in [-0.15, -0.1) is 0 Å². The maximum atomic E-state index is 12.8. The molecule has 0 saturated heterocycles. The fourth-order valence-electron chi connectivity index (χ4n) is 3.38. The number of allylic oxidation sites excluding steroid dienone is 1. The summed E-state index contributed by atoms with van der Waals surface area (Å²) >= 11 is 0. The predicted octanol–water partition coefficient (Wildman–Crippen LogP) is 6.11. The lowest BCUT2D eigenvalue weighted by molar-refractivity contribution is 0.0327. The SMILES string of the molecule is Cc1cc(Oc2cccc(C3=CC[C@H](C)CN3C(=O)OC(C)(C)C)c2)cc(C)n1. The van der Waals surface area contributed by atoms with Crippen molar-refractivity contribution in [1.82, 2.24) is 9.88 Å². The van der Waals surface area contributed by atoms with Gasteiger partial charge in [-0.3, -0.25) is 9.88 Å². The van der Waals surface area contributed by atoms with E-state index in [1.54, 1.807) is 4.90 Å². The lowest BCUT2D eigenvalue weighted by atomic mass is 9.98. The molecule has 0 unspecified atom stereocenters. The second-order valence-electron chi connectivity index (χ2n) is 8.74. The van der Waals surface area contributed by atoms with E-state index in [4.69, 9.17) is 9.47 Å². The molecule has 0 spiro atoms. The lowest BCUT2D eigenvalue weighted by Gasteiger charge is -2.34. The zero-order valence-corrected chi connectivity index (χ0v) is 18.2. The van der Waals surface area contributed by atoms with Crippen molar-refractivity contribution < 1.29 is 14.3 Å². The summed E-state index contributed by atoms with van der Waals surface area (Å²) < 4.78 is 11.7. The van der Waals surface area contributed by atoms with Gasteiger partial charge in [0.1, 0.15) is 17.1 Å². The molecule has 0 fully saturated rings. The molecule has 154 valence electrons. The second kappa shape index (κ2) is 8.27. The standard InChI is InChI=1S/C24H30N2O3/c1-16-10-11-22(26(15-16)23(27)29-24(4,5)6)19-8-7-9-20(14-19)28-21-12-17(2)25-18(3)13-21/h7-9,11-14,16H,10,15H2,1-6H3/t16-/m0/s1. The van der Waals surface area contributed by atoms with Crippen LogP contribution in [0.4, 0.5) is 4.79 Å². The quantitative estimate of drug-likeness (QED) is 0.630. The highest BCUT2D eigenvalue weighted by atomic mass is 16.6. The average Bonchev–Trinajstić information content (AvgIpc) is 2.59. The van der Waals surface area contributed by atoms with E-state index >= 15 is 0 Å². The Kier molecular flexibility index (Phi) is 5.96. The fourth-order valence-corrected chi connectivity index (χ4v) is 3.38. The molecule has 1 aliphatic heterocycles. The van der Waals surface area contributed by atoms with E-state index < -0.39 is 5.60 Å². The van der Waals surface area contributed by atoms with Gasteiger partial charge in [-0.25, -0.2) is 4.79 Å². The maximum Gasteiger partial charge on any atom is 0.414 e. The molecule has 0 N–H and O–H groups in total. The van der Waals surface area contributed by atoms with Gasteiger partial charge >= 0.3 is 6.09 Å². The molecule has 1 aromatic heterocycles. The number of ether oxygens (including phenoxy) is 2. The number of amides is 1. The number of hydrogen-bond acceptors (Lipinski definition) is 4.